The van der Waals surface area contributed by atoms with Crippen molar-refractivity contribution in [2.45, 2.75) is 26.8 Å². The van der Waals surface area contributed by atoms with Crippen LogP contribution in [0.1, 0.15) is 25.8 Å². The first kappa shape index (κ1) is 17.9. The summed E-state index contributed by atoms with van der Waals surface area (Å²) in [5, 5.41) is 12.0. The van der Waals surface area contributed by atoms with Gasteiger partial charge in [0.05, 0.1) is 6.54 Å². The minimum Gasteiger partial charge on any atom is -0.505 e. The molecule has 0 aliphatic carbocycles. The van der Waals surface area contributed by atoms with Crippen LogP contribution in [0.4, 0.5) is 4.39 Å². The zero-order chi connectivity index (χ0) is 13.5. The maximum atomic E-state index is 13.0. The zero-order valence-corrected chi connectivity index (χ0v) is 13.5. The molecule has 1 aromatic rings. The molecule has 0 bridgehead atoms. The van der Waals surface area contributed by atoms with Gasteiger partial charge in [0.15, 0.2) is 17.5 Å². The molecular formula is C13H21FIN3O. The predicted octanol–water partition coefficient (Wildman–Crippen LogP) is 2.60. The summed E-state index contributed by atoms with van der Waals surface area (Å²) in [6, 6.07) is 4.17. The number of nitrogens with one attached hydrogen (secondary N) is 1. The second-order valence-electron chi connectivity index (χ2n) is 4.60. The van der Waals surface area contributed by atoms with Gasteiger partial charge in [0.25, 0.3) is 0 Å². The van der Waals surface area contributed by atoms with Crippen molar-refractivity contribution < 1.29 is 9.50 Å². The maximum absolute atomic E-state index is 13.0. The van der Waals surface area contributed by atoms with Crippen molar-refractivity contribution in [1.82, 2.24) is 5.32 Å². The molecule has 0 amide bonds. The number of hydrogen-bond acceptors (Lipinski definition) is 2. The Balaban J connectivity index is 0.00000324. The van der Waals surface area contributed by atoms with Gasteiger partial charge >= 0.3 is 0 Å². The van der Waals surface area contributed by atoms with E-state index in [2.05, 4.69) is 24.2 Å². The van der Waals surface area contributed by atoms with Crippen molar-refractivity contribution in [3.05, 3.63) is 29.6 Å². The summed E-state index contributed by atoms with van der Waals surface area (Å²) < 4.78 is 13.0. The van der Waals surface area contributed by atoms with E-state index in [1.165, 1.54) is 12.1 Å². The maximum Gasteiger partial charge on any atom is 0.188 e. The largest absolute Gasteiger partial charge is 0.505 e. The third kappa shape index (κ3) is 7.19. The van der Waals surface area contributed by atoms with Crippen LogP contribution in [0.3, 0.4) is 0 Å². The Morgan fingerprint density at radius 2 is 2.16 bits per heavy atom. The molecule has 4 N–H and O–H groups in total. The molecule has 0 aliphatic rings. The van der Waals surface area contributed by atoms with Crippen LogP contribution in [0.15, 0.2) is 23.2 Å². The Bertz CT molecular complexity index is 424. The lowest BCUT2D eigenvalue weighted by Gasteiger charge is -2.07. The van der Waals surface area contributed by atoms with Crippen LogP contribution in [0, 0.1) is 11.7 Å². The monoisotopic (exact) mass is 381 g/mol. The topological polar surface area (TPSA) is 70.6 Å². The summed E-state index contributed by atoms with van der Waals surface area (Å²) in [6.07, 6.45) is 1.02. The number of nitrogens with zero attached hydrogens (tertiary/aromatic N) is 1. The van der Waals surface area contributed by atoms with Gasteiger partial charge in [-0.3, -0.25) is 0 Å². The molecule has 0 unspecified atom stereocenters. The number of guanidine groups is 1. The smallest absolute Gasteiger partial charge is 0.188 e. The van der Waals surface area contributed by atoms with Crippen molar-refractivity contribution in [2.75, 3.05) is 6.54 Å². The van der Waals surface area contributed by atoms with Crippen LogP contribution in [-0.4, -0.2) is 17.6 Å². The second-order valence-corrected chi connectivity index (χ2v) is 4.60. The first-order valence-corrected chi connectivity index (χ1v) is 6.00. The van der Waals surface area contributed by atoms with Crippen molar-refractivity contribution in [3.8, 4) is 5.75 Å². The molecule has 0 saturated heterocycles. The number of rotatable bonds is 5. The minimum absolute atomic E-state index is 0. The van der Waals surface area contributed by atoms with Gasteiger partial charge in [-0.25, -0.2) is 9.38 Å². The first-order chi connectivity index (χ1) is 8.49. The van der Waals surface area contributed by atoms with Gasteiger partial charge in [0.1, 0.15) is 0 Å². The Morgan fingerprint density at radius 3 is 2.74 bits per heavy atom. The Hall–Kier alpha value is -1.05. The van der Waals surface area contributed by atoms with Gasteiger partial charge in [-0.15, -0.1) is 24.0 Å². The van der Waals surface area contributed by atoms with Crippen molar-refractivity contribution in [3.63, 3.8) is 0 Å². The second kappa shape index (κ2) is 8.95. The molecular weight excluding hydrogens is 360 g/mol. The summed E-state index contributed by atoms with van der Waals surface area (Å²) in [5.74, 6) is -0.0413. The lowest BCUT2D eigenvalue weighted by molar-refractivity contribution is 0.432. The molecule has 0 spiro atoms. The molecule has 6 heteroatoms. The van der Waals surface area contributed by atoms with E-state index >= 15 is 0 Å². The van der Waals surface area contributed by atoms with Crippen molar-refractivity contribution in [1.29, 1.82) is 0 Å². The highest BCUT2D eigenvalue weighted by molar-refractivity contribution is 14.0. The summed E-state index contributed by atoms with van der Waals surface area (Å²) in [5.41, 5.74) is 6.34. The van der Waals surface area contributed by atoms with E-state index in [9.17, 15) is 4.39 Å². The number of hydrogen-bond donors (Lipinski definition) is 3. The van der Waals surface area contributed by atoms with Crippen LogP contribution in [0.5, 0.6) is 5.75 Å². The summed E-state index contributed by atoms with van der Waals surface area (Å²) in [4.78, 5) is 4.10. The third-order valence-corrected chi connectivity index (χ3v) is 2.47. The molecule has 0 saturated carbocycles. The summed E-state index contributed by atoms with van der Waals surface area (Å²) >= 11 is 0. The van der Waals surface area contributed by atoms with Gasteiger partial charge in [-0.1, -0.05) is 19.9 Å². The number of halogens is 2. The van der Waals surface area contributed by atoms with Crippen LogP contribution >= 0.6 is 24.0 Å². The first-order valence-electron chi connectivity index (χ1n) is 6.00. The lowest BCUT2D eigenvalue weighted by atomic mass is 10.1. The molecule has 108 valence electrons. The fourth-order valence-electron chi connectivity index (χ4n) is 1.37. The summed E-state index contributed by atoms with van der Waals surface area (Å²) in [6.45, 7) is 5.33. The number of nitrogens with two attached hydrogens (primary N) is 1. The van der Waals surface area contributed by atoms with E-state index in [1.54, 1.807) is 6.07 Å². The van der Waals surface area contributed by atoms with E-state index in [0.29, 0.717) is 17.4 Å². The number of phenolic OH excluding ortho intramolecular Hbond substituents is 1. The number of benzene rings is 1. The van der Waals surface area contributed by atoms with Crippen molar-refractivity contribution >= 4 is 29.9 Å². The molecule has 1 aromatic carbocycles. The van der Waals surface area contributed by atoms with E-state index in [-0.39, 0.29) is 36.3 Å². The van der Waals surface area contributed by atoms with Crippen LogP contribution in [0.2, 0.25) is 0 Å². The fourth-order valence-corrected chi connectivity index (χ4v) is 1.37. The predicted molar refractivity (Wildman–Crippen MR) is 86.3 cm³/mol. The highest BCUT2D eigenvalue weighted by Crippen LogP contribution is 2.16. The molecule has 0 aromatic heterocycles. The Kier molecular flexibility index (Phi) is 8.46. The fraction of sp³-hybridized carbons (Fsp3) is 0.462. The van der Waals surface area contributed by atoms with Crippen LogP contribution in [-0.2, 0) is 6.54 Å². The number of aromatic hydroxyl groups is 1. The highest BCUT2D eigenvalue weighted by atomic mass is 127. The number of phenols is 1. The highest BCUT2D eigenvalue weighted by Gasteiger charge is 2.01. The van der Waals surface area contributed by atoms with E-state index in [1.807, 2.05) is 0 Å². The van der Waals surface area contributed by atoms with Crippen LogP contribution in [0.25, 0.3) is 0 Å². The molecule has 19 heavy (non-hydrogen) atoms. The molecule has 0 heterocycles. The molecule has 4 nitrogen and oxygen atoms in total. The average Bonchev–Trinajstić information content (AvgIpc) is 2.30. The molecule has 1 rings (SSSR count). The van der Waals surface area contributed by atoms with Gasteiger partial charge < -0.3 is 16.2 Å². The Labute approximate surface area is 130 Å². The third-order valence-electron chi connectivity index (χ3n) is 2.47. The zero-order valence-electron chi connectivity index (χ0n) is 11.2. The lowest BCUT2D eigenvalue weighted by Crippen LogP contribution is -2.32. The quantitative estimate of drug-likeness (QED) is 0.417. The Morgan fingerprint density at radius 1 is 1.47 bits per heavy atom. The van der Waals surface area contributed by atoms with Gasteiger partial charge in [0.2, 0.25) is 0 Å². The normalized spacial score (nSPS) is 11.3. The molecule has 0 atom stereocenters. The van der Waals surface area contributed by atoms with Gasteiger partial charge in [-0.2, -0.15) is 0 Å². The van der Waals surface area contributed by atoms with Gasteiger partial charge in [0, 0.05) is 6.54 Å². The minimum atomic E-state index is -0.644. The SMILES string of the molecule is CC(C)CCNC(N)=NCc1ccc(O)c(F)c1.I. The van der Waals surface area contributed by atoms with Gasteiger partial charge in [-0.05, 0) is 30.0 Å². The van der Waals surface area contributed by atoms with E-state index in [0.717, 1.165) is 13.0 Å². The summed E-state index contributed by atoms with van der Waals surface area (Å²) in [7, 11) is 0. The molecule has 0 fully saturated rings. The average molecular weight is 381 g/mol. The van der Waals surface area contributed by atoms with Crippen molar-refractivity contribution in [2.24, 2.45) is 16.6 Å². The molecule has 0 radical (unpaired) electrons. The van der Waals surface area contributed by atoms with Crippen LogP contribution < -0.4 is 11.1 Å². The standard InChI is InChI=1S/C13H20FN3O.HI/c1-9(2)5-6-16-13(15)17-8-10-3-4-12(18)11(14)7-10;/h3-4,7,9,18H,5-6,8H2,1-2H3,(H3,15,16,17);1H. The number of aliphatic imine (C=N–C) groups is 1. The van der Waals surface area contributed by atoms with E-state index < -0.39 is 5.82 Å². The van der Waals surface area contributed by atoms with E-state index in [4.69, 9.17) is 10.8 Å². The molecule has 0 aliphatic heterocycles.